The van der Waals surface area contributed by atoms with Crippen molar-refractivity contribution >= 4 is 0 Å². The highest BCUT2D eigenvalue weighted by molar-refractivity contribution is 5.40. The second-order valence-corrected chi connectivity index (χ2v) is 4.32. The normalized spacial score (nSPS) is 9.89. The van der Waals surface area contributed by atoms with Gasteiger partial charge in [-0.2, -0.15) is 5.26 Å². The van der Waals surface area contributed by atoms with Crippen LogP contribution < -0.4 is 4.74 Å². The molecule has 0 saturated carbocycles. The van der Waals surface area contributed by atoms with Gasteiger partial charge in [-0.15, -0.1) is 0 Å². The zero-order valence-corrected chi connectivity index (χ0v) is 11.0. The molecule has 0 saturated heterocycles. The van der Waals surface area contributed by atoms with E-state index in [1.54, 1.807) is 18.3 Å². The summed E-state index contributed by atoms with van der Waals surface area (Å²) in [6.07, 6.45) is 5.09. The van der Waals surface area contributed by atoms with Gasteiger partial charge in [-0.1, -0.05) is 25.5 Å². The van der Waals surface area contributed by atoms with Crippen molar-refractivity contribution in [3.8, 4) is 17.7 Å². The molecule has 0 amide bonds. The van der Waals surface area contributed by atoms with Crippen molar-refractivity contribution in [2.24, 2.45) is 0 Å². The van der Waals surface area contributed by atoms with Crippen molar-refractivity contribution in [1.82, 2.24) is 4.98 Å². The molecule has 2 aromatic rings. The quantitative estimate of drug-likeness (QED) is 0.805. The molecule has 0 aliphatic carbocycles. The van der Waals surface area contributed by atoms with Crippen LogP contribution in [0.25, 0.3) is 0 Å². The molecule has 0 aliphatic rings. The minimum Gasteiger partial charge on any atom is -0.438 e. The third-order valence-electron chi connectivity index (χ3n) is 2.85. The van der Waals surface area contributed by atoms with Crippen molar-refractivity contribution in [3.05, 3.63) is 53.7 Å². The van der Waals surface area contributed by atoms with Crippen LogP contribution in [0, 0.1) is 11.3 Å². The number of nitrogens with zero attached hydrogens (tertiary/aromatic N) is 2. The minimum absolute atomic E-state index is 0.353. The molecule has 19 heavy (non-hydrogen) atoms. The zero-order chi connectivity index (χ0) is 13.5. The van der Waals surface area contributed by atoms with Crippen LogP contribution in [0.4, 0.5) is 0 Å². The first-order valence-corrected chi connectivity index (χ1v) is 6.45. The molecule has 0 fully saturated rings. The molecule has 0 unspecified atom stereocenters. The standard InChI is InChI=1S/C16H16N2O/c1-2-3-5-13-7-9-15(10-8-13)19-16-14(12-17)6-4-11-18-16/h4,6-11H,2-3,5H2,1H3. The molecule has 0 atom stereocenters. The third-order valence-corrected chi connectivity index (χ3v) is 2.85. The van der Waals surface area contributed by atoms with E-state index in [1.807, 2.05) is 12.1 Å². The fraction of sp³-hybridized carbons (Fsp3) is 0.250. The maximum Gasteiger partial charge on any atom is 0.237 e. The SMILES string of the molecule is CCCCc1ccc(Oc2ncccc2C#N)cc1. The lowest BCUT2D eigenvalue weighted by molar-refractivity contribution is 0.461. The first-order chi connectivity index (χ1) is 9.33. The molecule has 1 aromatic carbocycles. The average Bonchev–Trinajstić information content (AvgIpc) is 2.47. The van der Waals surface area contributed by atoms with E-state index >= 15 is 0 Å². The van der Waals surface area contributed by atoms with Crippen molar-refractivity contribution in [3.63, 3.8) is 0 Å². The van der Waals surface area contributed by atoms with Crippen LogP contribution in [0.5, 0.6) is 11.6 Å². The smallest absolute Gasteiger partial charge is 0.237 e. The molecule has 0 spiro atoms. The highest BCUT2D eigenvalue weighted by atomic mass is 16.5. The summed E-state index contributed by atoms with van der Waals surface area (Å²) >= 11 is 0. The molecule has 0 N–H and O–H groups in total. The van der Waals surface area contributed by atoms with Crippen molar-refractivity contribution in [1.29, 1.82) is 5.26 Å². The topological polar surface area (TPSA) is 45.9 Å². The second kappa shape index (κ2) is 6.55. The molecule has 0 radical (unpaired) electrons. The Bertz CT molecular complexity index is 570. The van der Waals surface area contributed by atoms with Gasteiger partial charge < -0.3 is 4.74 Å². The first-order valence-electron chi connectivity index (χ1n) is 6.45. The van der Waals surface area contributed by atoms with E-state index in [-0.39, 0.29) is 0 Å². The lowest BCUT2D eigenvalue weighted by atomic mass is 10.1. The van der Waals surface area contributed by atoms with E-state index in [9.17, 15) is 0 Å². The van der Waals surface area contributed by atoms with Crippen LogP contribution in [-0.2, 0) is 6.42 Å². The van der Waals surface area contributed by atoms with Gasteiger partial charge in [0.25, 0.3) is 0 Å². The molecule has 3 heteroatoms. The van der Waals surface area contributed by atoms with Gasteiger partial charge in [-0.25, -0.2) is 4.98 Å². The number of hydrogen-bond acceptors (Lipinski definition) is 3. The number of rotatable bonds is 5. The van der Waals surface area contributed by atoms with Crippen LogP contribution in [-0.4, -0.2) is 4.98 Å². The highest BCUT2D eigenvalue weighted by Gasteiger charge is 2.05. The van der Waals surface area contributed by atoms with E-state index in [0.29, 0.717) is 17.2 Å². The van der Waals surface area contributed by atoms with Crippen molar-refractivity contribution in [2.75, 3.05) is 0 Å². The Labute approximate surface area is 113 Å². The fourth-order valence-electron chi connectivity index (χ4n) is 1.77. The number of benzene rings is 1. The number of nitriles is 1. The van der Waals surface area contributed by atoms with Gasteiger partial charge in [0.05, 0.1) is 0 Å². The minimum atomic E-state index is 0.353. The summed E-state index contributed by atoms with van der Waals surface area (Å²) in [7, 11) is 0. The maximum absolute atomic E-state index is 8.97. The van der Waals surface area contributed by atoms with E-state index < -0.39 is 0 Å². The van der Waals surface area contributed by atoms with Gasteiger partial charge in [0.1, 0.15) is 17.4 Å². The van der Waals surface area contributed by atoms with E-state index in [4.69, 9.17) is 10.00 Å². The number of hydrogen-bond donors (Lipinski definition) is 0. The lowest BCUT2D eigenvalue weighted by Crippen LogP contribution is -1.91. The summed E-state index contributed by atoms with van der Waals surface area (Å²) in [5.74, 6) is 1.06. The predicted octanol–water partition coefficient (Wildman–Crippen LogP) is 4.09. The summed E-state index contributed by atoms with van der Waals surface area (Å²) in [5.41, 5.74) is 1.74. The van der Waals surface area contributed by atoms with Crippen LogP contribution in [0.2, 0.25) is 0 Å². The van der Waals surface area contributed by atoms with Crippen LogP contribution in [0.3, 0.4) is 0 Å². The highest BCUT2D eigenvalue weighted by Crippen LogP contribution is 2.22. The molecular weight excluding hydrogens is 236 g/mol. The molecule has 3 nitrogen and oxygen atoms in total. The van der Waals surface area contributed by atoms with Gasteiger partial charge in [-0.05, 0) is 42.7 Å². The molecule has 1 aromatic heterocycles. The molecular formula is C16H16N2O. The van der Waals surface area contributed by atoms with Crippen LogP contribution in [0.15, 0.2) is 42.6 Å². The van der Waals surface area contributed by atoms with Gasteiger partial charge >= 0.3 is 0 Å². The Kier molecular flexibility index (Phi) is 4.52. The summed E-state index contributed by atoms with van der Waals surface area (Å²) in [4.78, 5) is 4.07. The van der Waals surface area contributed by atoms with Gasteiger partial charge in [0.2, 0.25) is 5.88 Å². The Balaban J connectivity index is 2.09. The molecule has 0 aliphatic heterocycles. The van der Waals surface area contributed by atoms with Crippen molar-refractivity contribution in [2.45, 2.75) is 26.2 Å². The molecule has 96 valence electrons. The third kappa shape index (κ3) is 3.56. The van der Waals surface area contributed by atoms with E-state index in [1.165, 1.54) is 18.4 Å². The maximum atomic E-state index is 8.97. The van der Waals surface area contributed by atoms with Gasteiger partial charge in [0.15, 0.2) is 0 Å². The Hall–Kier alpha value is -2.34. The lowest BCUT2D eigenvalue weighted by Gasteiger charge is -2.06. The van der Waals surface area contributed by atoms with Gasteiger partial charge in [0, 0.05) is 6.20 Å². The molecule has 0 bridgehead atoms. The number of aromatic nitrogens is 1. The predicted molar refractivity (Wildman–Crippen MR) is 74.1 cm³/mol. The summed E-state index contributed by atoms with van der Waals surface area (Å²) in [6, 6.07) is 13.4. The van der Waals surface area contributed by atoms with Crippen LogP contribution >= 0.6 is 0 Å². The zero-order valence-electron chi connectivity index (χ0n) is 11.0. The summed E-state index contributed by atoms with van der Waals surface area (Å²) in [5, 5.41) is 8.97. The Morgan fingerprint density at radius 2 is 2.00 bits per heavy atom. The molecule has 1 heterocycles. The number of ether oxygens (including phenoxy) is 1. The number of aryl methyl sites for hydroxylation is 1. The number of pyridine rings is 1. The van der Waals surface area contributed by atoms with E-state index in [2.05, 4.69) is 30.1 Å². The van der Waals surface area contributed by atoms with Crippen molar-refractivity contribution < 1.29 is 4.74 Å². The number of unbranched alkanes of at least 4 members (excludes halogenated alkanes) is 1. The average molecular weight is 252 g/mol. The summed E-state index contributed by atoms with van der Waals surface area (Å²) in [6.45, 7) is 2.18. The Morgan fingerprint density at radius 1 is 1.21 bits per heavy atom. The van der Waals surface area contributed by atoms with Crippen LogP contribution in [0.1, 0.15) is 30.9 Å². The van der Waals surface area contributed by atoms with Gasteiger partial charge in [-0.3, -0.25) is 0 Å². The second-order valence-electron chi connectivity index (χ2n) is 4.32. The fourth-order valence-corrected chi connectivity index (χ4v) is 1.77. The Morgan fingerprint density at radius 3 is 2.68 bits per heavy atom. The first kappa shape index (κ1) is 13.1. The largest absolute Gasteiger partial charge is 0.438 e. The monoisotopic (exact) mass is 252 g/mol. The van der Waals surface area contributed by atoms with E-state index in [0.717, 1.165) is 6.42 Å². The molecule has 2 rings (SSSR count). The summed E-state index contributed by atoms with van der Waals surface area (Å²) < 4.78 is 5.63.